The molecule has 11 heavy (non-hydrogen) atoms. The van der Waals surface area contributed by atoms with Crippen LogP contribution >= 0.6 is 45.2 Å². The maximum absolute atomic E-state index is 12.6. The molecule has 0 atom stereocenters. The Hall–Kier alpha value is 0.540. The summed E-state index contributed by atoms with van der Waals surface area (Å²) < 4.78 is 26.3. The molecule has 0 radical (unpaired) electrons. The second-order valence-electron chi connectivity index (χ2n) is 1.99. The summed E-state index contributed by atoms with van der Waals surface area (Å²) in [6.45, 7) is -0.605. The fourth-order valence-corrected chi connectivity index (χ4v) is 1.81. The normalized spacial score (nSPS) is 10.2. The fourth-order valence-electron chi connectivity index (χ4n) is 0.707. The van der Waals surface area contributed by atoms with E-state index in [1.165, 1.54) is 12.1 Å². The standard InChI is InChI=1S/C7H4F2I2/c8-3-4-1-5(9)2-6(10)7(4)11/h1-2H,3H2. The number of rotatable bonds is 1. The Bertz CT molecular complexity index is 273. The quantitative estimate of drug-likeness (QED) is 0.517. The molecular weight excluding hydrogens is 376 g/mol. The summed E-state index contributed by atoms with van der Waals surface area (Å²) in [7, 11) is 0. The van der Waals surface area contributed by atoms with E-state index in [0.29, 0.717) is 5.56 Å². The zero-order valence-electron chi connectivity index (χ0n) is 5.37. The van der Waals surface area contributed by atoms with E-state index in [2.05, 4.69) is 0 Å². The Labute approximate surface area is 90.7 Å². The molecule has 0 nitrogen and oxygen atoms in total. The van der Waals surface area contributed by atoms with Gasteiger partial charge in [0.15, 0.2) is 0 Å². The van der Waals surface area contributed by atoms with Crippen molar-refractivity contribution in [1.29, 1.82) is 0 Å². The first-order chi connectivity index (χ1) is 5.15. The van der Waals surface area contributed by atoms with Crippen molar-refractivity contribution in [3.63, 3.8) is 0 Å². The van der Waals surface area contributed by atoms with Crippen molar-refractivity contribution in [2.24, 2.45) is 0 Å². The molecular formula is C7H4F2I2. The van der Waals surface area contributed by atoms with Crippen LogP contribution in [0.25, 0.3) is 0 Å². The lowest BCUT2D eigenvalue weighted by atomic mass is 10.2. The second kappa shape index (κ2) is 3.97. The van der Waals surface area contributed by atoms with E-state index in [1.54, 1.807) is 0 Å². The molecule has 0 bridgehead atoms. The fraction of sp³-hybridized carbons (Fsp3) is 0.143. The molecule has 60 valence electrons. The van der Waals surface area contributed by atoms with Crippen molar-refractivity contribution in [1.82, 2.24) is 0 Å². The molecule has 0 aliphatic rings. The lowest BCUT2D eigenvalue weighted by Gasteiger charge is -2.01. The first-order valence-corrected chi connectivity index (χ1v) is 5.00. The molecule has 0 fully saturated rings. The topological polar surface area (TPSA) is 0 Å². The zero-order valence-corrected chi connectivity index (χ0v) is 9.69. The van der Waals surface area contributed by atoms with Crippen LogP contribution in [-0.4, -0.2) is 0 Å². The first kappa shape index (κ1) is 9.63. The summed E-state index contributed by atoms with van der Waals surface area (Å²) in [5.41, 5.74) is 0.426. The third-order valence-corrected chi connectivity index (χ3v) is 4.37. The van der Waals surface area contributed by atoms with Crippen LogP contribution in [0.4, 0.5) is 8.78 Å². The summed E-state index contributed by atoms with van der Waals surface area (Å²) in [6.07, 6.45) is 0. The molecule has 0 amide bonds. The molecule has 1 aromatic carbocycles. The van der Waals surface area contributed by atoms with Gasteiger partial charge in [-0.15, -0.1) is 0 Å². The van der Waals surface area contributed by atoms with Gasteiger partial charge in [0.1, 0.15) is 12.5 Å². The van der Waals surface area contributed by atoms with E-state index < -0.39 is 6.67 Å². The van der Waals surface area contributed by atoms with E-state index in [0.717, 1.165) is 7.14 Å². The molecule has 0 spiro atoms. The smallest absolute Gasteiger partial charge is 0.124 e. The van der Waals surface area contributed by atoms with Crippen molar-refractivity contribution in [2.45, 2.75) is 6.67 Å². The monoisotopic (exact) mass is 380 g/mol. The predicted molar refractivity (Wildman–Crippen MR) is 56.6 cm³/mol. The number of benzene rings is 1. The summed E-state index contributed by atoms with van der Waals surface area (Å²) in [5, 5.41) is 0. The highest BCUT2D eigenvalue weighted by Crippen LogP contribution is 2.21. The minimum Gasteiger partial charge on any atom is -0.246 e. The highest BCUT2D eigenvalue weighted by molar-refractivity contribution is 14.1. The number of halogens is 4. The molecule has 0 aliphatic heterocycles. The molecule has 0 saturated carbocycles. The largest absolute Gasteiger partial charge is 0.246 e. The van der Waals surface area contributed by atoms with Crippen LogP contribution < -0.4 is 0 Å². The first-order valence-electron chi connectivity index (χ1n) is 2.84. The van der Waals surface area contributed by atoms with Gasteiger partial charge in [-0.2, -0.15) is 0 Å². The van der Waals surface area contributed by atoms with Gasteiger partial charge in [0, 0.05) is 12.7 Å². The Morgan fingerprint density at radius 1 is 1.27 bits per heavy atom. The van der Waals surface area contributed by atoms with Crippen LogP contribution in [0.15, 0.2) is 12.1 Å². The highest BCUT2D eigenvalue weighted by atomic mass is 127. The molecule has 1 rings (SSSR count). The third kappa shape index (κ3) is 2.24. The van der Waals surface area contributed by atoms with Gasteiger partial charge in [-0.05, 0) is 57.3 Å². The molecule has 0 saturated heterocycles. The van der Waals surface area contributed by atoms with Crippen LogP contribution in [0.2, 0.25) is 0 Å². The molecule has 4 heteroatoms. The van der Waals surface area contributed by atoms with Gasteiger partial charge in [0.2, 0.25) is 0 Å². The van der Waals surface area contributed by atoms with E-state index >= 15 is 0 Å². The predicted octanol–water partition coefficient (Wildman–Crippen LogP) is 3.50. The van der Waals surface area contributed by atoms with Gasteiger partial charge in [-0.3, -0.25) is 0 Å². The van der Waals surface area contributed by atoms with Crippen LogP contribution in [0.3, 0.4) is 0 Å². The number of alkyl halides is 1. The van der Waals surface area contributed by atoms with Gasteiger partial charge < -0.3 is 0 Å². The lowest BCUT2D eigenvalue weighted by molar-refractivity contribution is 0.480. The minimum atomic E-state index is -0.605. The molecule has 0 aliphatic carbocycles. The van der Waals surface area contributed by atoms with Crippen molar-refractivity contribution >= 4 is 45.2 Å². The van der Waals surface area contributed by atoms with Gasteiger partial charge in [-0.25, -0.2) is 8.78 Å². The van der Waals surface area contributed by atoms with Crippen LogP contribution in [0.1, 0.15) is 5.56 Å². The summed E-state index contributed by atoms with van der Waals surface area (Å²) in [5.74, 6) is -0.373. The zero-order chi connectivity index (χ0) is 8.43. The van der Waals surface area contributed by atoms with Gasteiger partial charge in [0.05, 0.1) is 0 Å². The van der Waals surface area contributed by atoms with Crippen LogP contribution in [0.5, 0.6) is 0 Å². The number of hydrogen-bond donors (Lipinski definition) is 0. The van der Waals surface area contributed by atoms with Crippen molar-refractivity contribution in [3.8, 4) is 0 Å². The minimum absolute atomic E-state index is 0.373. The Morgan fingerprint density at radius 2 is 1.91 bits per heavy atom. The van der Waals surface area contributed by atoms with Crippen molar-refractivity contribution < 1.29 is 8.78 Å². The average Bonchev–Trinajstić information content (AvgIpc) is 1.96. The molecule has 0 heterocycles. The SMILES string of the molecule is FCc1cc(F)cc(I)c1I. The van der Waals surface area contributed by atoms with E-state index in [1.807, 2.05) is 45.2 Å². The maximum atomic E-state index is 12.6. The van der Waals surface area contributed by atoms with Gasteiger partial charge >= 0.3 is 0 Å². The summed E-state index contributed by atoms with van der Waals surface area (Å²) >= 11 is 3.99. The molecule has 0 N–H and O–H groups in total. The maximum Gasteiger partial charge on any atom is 0.124 e. The van der Waals surface area contributed by atoms with Gasteiger partial charge in [0.25, 0.3) is 0 Å². The Kier molecular flexibility index (Phi) is 3.48. The molecule has 0 unspecified atom stereocenters. The van der Waals surface area contributed by atoms with E-state index in [-0.39, 0.29) is 5.82 Å². The molecule has 0 aromatic heterocycles. The molecule has 1 aromatic rings. The van der Waals surface area contributed by atoms with Crippen molar-refractivity contribution in [3.05, 3.63) is 30.7 Å². The van der Waals surface area contributed by atoms with E-state index in [9.17, 15) is 8.78 Å². The van der Waals surface area contributed by atoms with E-state index in [4.69, 9.17) is 0 Å². The highest BCUT2D eigenvalue weighted by Gasteiger charge is 2.05. The number of hydrogen-bond acceptors (Lipinski definition) is 0. The third-order valence-electron chi connectivity index (χ3n) is 1.21. The van der Waals surface area contributed by atoms with Gasteiger partial charge in [-0.1, -0.05) is 0 Å². The summed E-state index contributed by atoms with van der Waals surface area (Å²) in [6, 6.07) is 2.62. The second-order valence-corrected chi connectivity index (χ2v) is 4.24. The summed E-state index contributed by atoms with van der Waals surface area (Å²) in [4.78, 5) is 0. The van der Waals surface area contributed by atoms with Crippen LogP contribution in [-0.2, 0) is 6.67 Å². The Balaban J connectivity index is 3.24. The average molecular weight is 380 g/mol. The van der Waals surface area contributed by atoms with Crippen LogP contribution in [0, 0.1) is 13.0 Å². The Morgan fingerprint density at radius 3 is 2.45 bits per heavy atom. The van der Waals surface area contributed by atoms with Crippen molar-refractivity contribution in [2.75, 3.05) is 0 Å². The lowest BCUT2D eigenvalue weighted by Crippen LogP contribution is -1.91.